The molecule has 1 unspecified atom stereocenters. The monoisotopic (exact) mass is 687 g/mol. The zero-order valence-electron chi connectivity index (χ0n) is 23.9. The van der Waals surface area contributed by atoms with Crippen LogP contribution in [0, 0.1) is 0 Å². The molecule has 0 aliphatic carbocycles. The van der Waals surface area contributed by atoms with Crippen molar-refractivity contribution in [1.29, 1.82) is 0 Å². The van der Waals surface area contributed by atoms with Crippen LogP contribution in [0.2, 0.25) is 5.02 Å². The van der Waals surface area contributed by atoms with Crippen LogP contribution in [-0.2, 0) is 37.4 Å². The molecular weight excluding hydrogens is 653 g/mol. The maximum absolute atomic E-state index is 13.0. The van der Waals surface area contributed by atoms with Crippen LogP contribution < -0.4 is 20.1 Å². The number of hydrogen-bond donors (Lipinski definition) is 6. The number of halogens is 2. The molecule has 1 fully saturated rings. The van der Waals surface area contributed by atoms with E-state index in [1.807, 2.05) is 12.1 Å². The summed E-state index contributed by atoms with van der Waals surface area (Å²) in [5, 5.41) is 25.1. The van der Waals surface area contributed by atoms with E-state index in [1.165, 1.54) is 22.9 Å². The second-order valence-corrected chi connectivity index (χ2v) is 14.0. The van der Waals surface area contributed by atoms with Crippen LogP contribution in [-0.4, -0.2) is 78.1 Å². The lowest BCUT2D eigenvalue weighted by atomic mass is 10.0. The molecule has 2 aromatic carbocycles. The fourth-order valence-corrected chi connectivity index (χ4v) is 7.84. The van der Waals surface area contributed by atoms with Gasteiger partial charge >= 0.3 is 11.9 Å². The van der Waals surface area contributed by atoms with E-state index in [9.17, 15) is 33.0 Å². The number of rotatable bonds is 14. The Balaban J connectivity index is 1.27. The number of benzene rings is 2. The highest BCUT2D eigenvalue weighted by molar-refractivity contribution is 7.97. The van der Waals surface area contributed by atoms with Gasteiger partial charge in [-0.05, 0) is 74.2 Å². The minimum atomic E-state index is -3.91. The van der Waals surface area contributed by atoms with Crippen LogP contribution in [0.15, 0.2) is 46.2 Å². The third-order valence-electron chi connectivity index (χ3n) is 7.51. The lowest BCUT2D eigenvalue weighted by Gasteiger charge is -2.27. The first-order valence-corrected chi connectivity index (χ1v) is 17.3. The summed E-state index contributed by atoms with van der Waals surface area (Å²) >= 11 is 13.5. The molecule has 240 valence electrons. The number of likely N-dealkylation sites (tertiary alicyclic amines) is 1. The first-order chi connectivity index (χ1) is 20.9. The number of carboxylic acids is 2. The number of nitrogens with zero attached hydrogens (tertiary/aromatic N) is 1. The summed E-state index contributed by atoms with van der Waals surface area (Å²) in [6.07, 6.45) is 2.16. The zero-order chi connectivity index (χ0) is 32.0. The highest BCUT2D eigenvalue weighted by Crippen LogP contribution is 2.36. The van der Waals surface area contributed by atoms with Crippen LogP contribution in [0.3, 0.4) is 0 Å². The summed E-state index contributed by atoms with van der Waals surface area (Å²) in [5.74, 6) is -2.25. The molecule has 1 saturated heterocycles. The SMILES string of the molecule is C[C@H](N[C@@H](CCCc1ccc(CNS(=O)(=O)c2cc3c(cc2Cl)NC(CCl)NS3)cc1)C(=O)O)C(=O)N1CCC[C@H]1C(=O)O. The van der Waals surface area contributed by atoms with Crippen LogP contribution in [0.5, 0.6) is 0 Å². The van der Waals surface area contributed by atoms with Crippen molar-refractivity contribution >= 4 is 68.7 Å². The molecule has 16 heteroatoms. The fraction of sp³-hybridized carbons (Fsp3) is 0.464. The Morgan fingerprint density at radius 2 is 1.86 bits per heavy atom. The molecule has 0 spiro atoms. The molecule has 0 radical (unpaired) electrons. The quantitative estimate of drug-likeness (QED) is 0.127. The predicted octanol–water partition coefficient (Wildman–Crippen LogP) is 3.24. The van der Waals surface area contributed by atoms with Crippen molar-refractivity contribution in [1.82, 2.24) is 19.7 Å². The predicted molar refractivity (Wildman–Crippen MR) is 168 cm³/mol. The molecular formula is C28H35Cl2N5O7S2. The van der Waals surface area contributed by atoms with Gasteiger partial charge in [0.2, 0.25) is 15.9 Å². The Morgan fingerprint density at radius 1 is 1.16 bits per heavy atom. The molecule has 2 aliphatic heterocycles. The van der Waals surface area contributed by atoms with Crippen LogP contribution in [0.25, 0.3) is 0 Å². The van der Waals surface area contributed by atoms with Crippen molar-refractivity contribution in [3.63, 3.8) is 0 Å². The highest BCUT2D eigenvalue weighted by Gasteiger charge is 2.36. The third-order valence-corrected chi connectivity index (χ3v) is 10.6. The number of alkyl halides is 1. The molecule has 6 N–H and O–H groups in total. The summed E-state index contributed by atoms with van der Waals surface area (Å²) in [7, 11) is -3.91. The minimum absolute atomic E-state index is 0.0327. The number of hydrogen-bond acceptors (Lipinski definition) is 9. The van der Waals surface area contributed by atoms with Gasteiger partial charge in [0, 0.05) is 18.0 Å². The lowest BCUT2D eigenvalue weighted by Crippen LogP contribution is -2.53. The van der Waals surface area contributed by atoms with Crippen molar-refractivity contribution in [2.24, 2.45) is 0 Å². The summed E-state index contributed by atoms with van der Waals surface area (Å²) < 4.78 is 31.7. The number of carbonyl (C=O) groups is 3. The average molecular weight is 689 g/mol. The van der Waals surface area contributed by atoms with E-state index < -0.39 is 46.0 Å². The van der Waals surface area contributed by atoms with E-state index in [1.54, 1.807) is 25.1 Å². The number of aliphatic carboxylic acids is 2. The Labute approximate surface area is 270 Å². The van der Waals surface area contributed by atoms with Gasteiger partial charge in [0.25, 0.3) is 0 Å². The average Bonchev–Trinajstić information content (AvgIpc) is 3.49. The summed E-state index contributed by atoms with van der Waals surface area (Å²) in [6.45, 7) is 1.93. The largest absolute Gasteiger partial charge is 0.480 e. The first-order valence-electron chi connectivity index (χ1n) is 14.1. The number of amides is 1. The molecule has 2 aromatic rings. The number of anilines is 1. The second-order valence-electron chi connectivity index (χ2n) is 10.7. The molecule has 0 aromatic heterocycles. The number of fused-ring (bicyclic) bond motifs is 1. The van der Waals surface area contributed by atoms with Crippen LogP contribution >= 0.6 is 35.1 Å². The highest BCUT2D eigenvalue weighted by atomic mass is 35.5. The minimum Gasteiger partial charge on any atom is -0.480 e. The Bertz CT molecular complexity index is 1480. The number of aryl methyl sites for hydroxylation is 1. The van der Waals surface area contributed by atoms with Crippen molar-refractivity contribution in [3.8, 4) is 0 Å². The third kappa shape index (κ3) is 8.56. The van der Waals surface area contributed by atoms with Crippen LogP contribution in [0.1, 0.15) is 43.7 Å². The Kier molecular flexibility index (Phi) is 11.8. The van der Waals surface area contributed by atoms with E-state index >= 15 is 0 Å². The van der Waals surface area contributed by atoms with E-state index in [0.29, 0.717) is 48.7 Å². The standard InChI is InChI=1S/C28H35Cl2N5O7S2/c1-16(26(36)35-11-3-6-22(35)28(39)40)32-20(27(37)38)5-2-4-17-7-9-18(10-8-17)15-31-44(41,42)24-13-23-21(12-19(24)30)33-25(14-29)34-43-23/h7-10,12-13,16,20,22,25,31-34H,2-6,11,14-15H2,1H3,(H,37,38)(H,39,40)/t16-,20-,22-,25?/m0/s1. The van der Waals surface area contributed by atoms with E-state index in [0.717, 1.165) is 11.1 Å². The smallest absolute Gasteiger partial charge is 0.326 e. The molecule has 44 heavy (non-hydrogen) atoms. The van der Waals surface area contributed by atoms with Crippen molar-refractivity contribution in [3.05, 3.63) is 52.5 Å². The summed E-state index contributed by atoms with van der Waals surface area (Å²) in [4.78, 5) is 38.0. The molecule has 2 heterocycles. The van der Waals surface area contributed by atoms with Gasteiger partial charge in [-0.3, -0.25) is 14.9 Å². The first kappa shape index (κ1) is 34.3. The molecule has 0 bridgehead atoms. The van der Waals surface area contributed by atoms with E-state index in [2.05, 4.69) is 20.1 Å². The zero-order valence-corrected chi connectivity index (χ0v) is 27.0. The molecule has 4 atom stereocenters. The van der Waals surface area contributed by atoms with E-state index in [-0.39, 0.29) is 29.0 Å². The van der Waals surface area contributed by atoms with Gasteiger partial charge in [0.15, 0.2) is 0 Å². The molecule has 2 aliphatic rings. The number of carbonyl (C=O) groups excluding carboxylic acids is 1. The van der Waals surface area contributed by atoms with Gasteiger partial charge in [0.1, 0.15) is 23.1 Å². The maximum atomic E-state index is 13.0. The van der Waals surface area contributed by atoms with Crippen molar-refractivity contribution in [2.45, 2.75) is 79.7 Å². The Hall–Kier alpha value is -2.59. The second kappa shape index (κ2) is 15.1. The normalized spacial score (nSPS) is 19.6. The molecule has 1 amide bonds. The number of sulfonamides is 1. The summed E-state index contributed by atoms with van der Waals surface area (Å²) in [5.41, 5.74) is 2.37. The Morgan fingerprint density at radius 3 is 2.52 bits per heavy atom. The molecule has 0 saturated carbocycles. The number of carboxylic acid groups (broad SMARTS) is 2. The topological polar surface area (TPSA) is 177 Å². The van der Waals surface area contributed by atoms with Gasteiger partial charge in [0.05, 0.1) is 22.6 Å². The molecule has 4 rings (SSSR count). The molecule has 12 nitrogen and oxygen atoms in total. The van der Waals surface area contributed by atoms with Gasteiger partial charge < -0.3 is 20.4 Å². The summed E-state index contributed by atoms with van der Waals surface area (Å²) in [6, 6.07) is 7.68. The van der Waals surface area contributed by atoms with E-state index in [4.69, 9.17) is 23.2 Å². The maximum Gasteiger partial charge on any atom is 0.326 e. The lowest BCUT2D eigenvalue weighted by molar-refractivity contribution is -0.149. The fourth-order valence-electron chi connectivity index (χ4n) is 5.14. The van der Waals surface area contributed by atoms with Crippen LogP contribution in [0.4, 0.5) is 5.69 Å². The number of nitrogens with one attached hydrogen (secondary N) is 4. The van der Waals surface area contributed by atoms with Crippen molar-refractivity contribution in [2.75, 3.05) is 17.7 Å². The van der Waals surface area contributed by atoms with Gasteiger partial charge in [-0.15, -0.1) is 11.6 Å². The van der Waals surface area contributed by atoms with Gasteiger partial charge in [-0.2, -0.15) is 0 Å². The van der Waals surface area contributed by atoms with Gasteiger partial charge in [-0.25, -0.2) is 22.7 Å². The van der Waals surface area contributed by atoms with Gasteiger partial charge in [-0.1, -0.05) is 35.9 Å². The van der Waals surface area contributed by atoms with Crippen molar-refractivity contribution < 1.29 is 33.0 Å².